The molecule has 1 heterocycles. The molecule has 2 N–H and O–H groups in total. The maximum absolute atomic E-state index is 14.3. The number of ether oxygens (including phenoxy) is 1. The molecule has 2 atom stereocenters. The number of nitro benzene ring substituents is 1. The largest absolute Gasteiger partial charge is 0.490 e. The van der Waals surface area contributed by atoms with Crippen molar-refractivity contribution in [3.05, 3.63) is 28.1 Å². The first-order valence-corrected chi connectivity index (χ1v) is 6.96. The minimum absolute atomic E-state index is 0.0680. The molecule has 1 aromatic carbocycles. The fraction of sp³-hybridized carbons (Fsp3) is 0.571. The van der Waals surface area contributed by atoms with Crippen LogP contribution in [0.5, 0.6) is 5.75 Å². The Morgan fingerprint density at radius 3 is 2.81 bits per heavy atom. The van der Waals surface area contributed by atoms with Crippen molar-refractivity contribution in [1.29, 1.82) is 0 Å². The second-order valence-electron chi connectivity index (χ2n) is 5.41. The summed E-state index contributed by atoms with van der Waals surface area (Å²) in [4.78, 5) is 12.2. The standard InChI is InChI=1S/C14H20FN3O3/c1-9-3-4-10(7-16)8-17(9)12-6-14(21-2)13(18(19)20)5-11(12)15/h5-6,9-10H,3-4,7-8,16H2,1-2H3. The number of methoxy groups -OCH3 is 1. The van der Waals surface area contributed by atoms with E-state index >= 15 is 0 Å². The molecule has 21 heavy (non-hydrogen) atoms. The summed E-state index contributed by atoms with van der Waals surface area (Å²) in [5, 5.41) is 10.9. The Kier molecular flexibility index (Phi) is 4.62. The van der Waals surface area contributed by atoms with Crippen LogP contribution in [0, 0.1) is 21.8 Å². The Balaban J connectivity index is 2.40. The molecule has 1 aromatic rings. The number of benzene rings is 1. The Morgan fingerprint density at radius 1 is 1.52 bits per heavy atom. The molecule has 1 aliphatic heterocycles. The number of anilines is 1. The van der Waals surface area contributed by atoms with Crippen LogP contribution in [0.25, 0.3) is 0 Å². The smallest absolute Gasteiger partial charge is 0.313 e. The van der Waals surface area contributed by atoms with E-state index in [9.17, 15) is 14.5 Å². The van der Waals surface area contributed by atoms with Gasteiger partial charge >= 0.3 is 5.69 Å². The molecule has 0 radical (unpaired) electrons. The van der Waals surface area contributed by atoms with Crippen LogP contribution in [0.3, 0.4) is 0 Å². The summed E-state index contributed by atoms with van der Waals surface area (Å²) in [6.45, 7) is 3.21. The maximum atomic E-state index is 14.3. The molecule has 0 aliphatic carbocycles. The number of piperidine rings is 1. The summed E-state index contributed by atoms with van der Waals surface area (Å²) in [6, 6.07) is 2.49. The van der Waals surface area contributed by atoms with E-state index in [0.717, 1.165) is 18.9 Å². The number of nitrogens with two attached hydrogens (primary N) is 1. The van der Waals surface area contributed by atoms with Crippen molar-refractivity contribution in [2.75, 3.05) is 25.1 Å². The van der Waals surface area contributed by atoms with Gasteiger partial charge in [-0.15, -0.1) is 0 Å². The maximum Gasteiger partial charge on any atom is 0.313 e. The number of nitro groups is 1. The lowest BCUT2D eigenvalue weighted by Gasteiger charge is -2.39. The van der Waals surface area contributed by atoms with Crippen molar-refractivity contribution in [2.24, 2.45) is 11.7 Å². The van der Waals surface area contributed by atoms with Crippen molar-refractivity contribution < 1.29 is 14.1 Å². The first-order valence-electron chi connectivity index (χ1n) is 6.96. The van der Waals surface area contributed by atoms with E-state index in [-0.39, 0.29) is 17.5 Å². The average molecular weight is 297 g/mol. The van der Waals surface area contributed by atoms with Gasteiger partial charge in [-0.1, -0.05) is 0 Å². The van der Waals surface area contributed by atoms with E-state index in [4.69, 9.17) is 10.5 Å². The van der Waals surface area contributed by atoms with Gasteiger partial charge in [-0.3, -0.25) is 10.1 Å². The van der Waals surface area contributed by atoms with Crippen LogP contribution in [0.2, 0.25) is 0 Å². The predicted octanol–water partition coefficient (Wildman–Crippen LogP) is 2.31. The van der Waals surface area contributed by atoms with E-state index in [0.29, 0.717) is 24.7 Å². The number of hydrogen-bond donors (Lipinski definition) is 1. The number of rotatable bonds is 4. The van der Waals surface area contributed by atoms with Crippen LogP contribution in [0.4, 0.5) is 15.8 Å². The fourth-order valence-electron chi connectivity index (χ4n) is 2.77. The Labute approximate surface area is 122 Å². The number of hydrogen-bond acceptors (Lipinski definition) is 5. The molecule has 1 fully saturated rings. The zero-order valence-corrected chi connectivity index (χ0v) is 12.2. The molecule has 2 unspecified atom stereocenters. The van der Waals surface area contributed by atoms with Gasteiger partial charge in [0, 0.05) is 18.7 Å². The molecule has 1 aliphatic rings. The summed E-state index contributed by atoms with van der Waals surface area (Å²) >= 11 is 0. The highest BCUT2D eigenvalue weighted by molar-refractivity contribution is 5.61. The van der Waals surface area contributed by atoms with Crippen LogP contribution in [-0.4, -0.2) is 31.2 Å². The lowest BCUT2D eigenvalue weighted by Crippen LogP contribution is -2.44. The lowest BCUT2D eigenvalue weighted by molar-refractivity contribution is -0.385. The summed E-state index contributed by atoms with van der Waals surface area (Å²) in [7, 11) is 1.34. The van der Waals surface area contributed by atoms with Crippen LogP contribution < -0.4 is 15.4 Å². The van der Waals surface area contributed by atoms with Gasteiger partial charge < -0.3 is 15.4 Å². The molecule has 7 heteroatoms. The van der Waals surface area contributed by atoms with Crippen molar-refractivity contribution in [1.82, 2.24) is 0 Å². The molecule has 0 bridgehead atoms. The minimum atomic E-state index is -0.645. The van der Waals surface area contributed by atoms with E-state index in [1.165, 1.54) is 13.2 Å². The summed E-state index contributed by atoms with van der Waals surface area (Å²) in [5.41, 5.74) is 5.69. The summed E-state index contributed by atoms with van der Waals surface area (Å²) < 4.78 is 19.3. The normalized spacial score (nSPS) is 22.2. The topological polar surface area (TPSA) is 81.6 Å². The molecule has 0 spiro atoms. The quantitative estimate of drug-likeness (QED) is 0.681. The van der Waals surface area contributed by atoms with Gasteiger partial charge in [0.05, 0.1) is 23.8 Å². The Bertz CT molecular complexity index is 538. The van der Waals surface area contributed by atoms with E-state index < -0.39 is 10.7 Å². The minimum Gasteiger partial charge on any atom is -0.490 e. The van der Waals surface area contributed by atoms with Gasteiger partial charge in [-0.05, 0) is 32.2 Å². The summed E-state index contributed by atoms with van der Waals surface area (Å²) in [5.74, 6) is -0.229. The van der Waals surface area contributed by atoms with Gasteiger partial charge in [-0.2, -0.15) is 0 Å². The highest BCUT2D eigenvalue weighted by Gasteiger charge is 2.29. The molecule has 0 amide bonds. The number of halogens is 1. The van der Waals surface area contributed by atoms with Gasteiger partial charge in [0.15, 0.2) is 11.6 Å². The molecule has 0 aromatic heterocycles. The second kappa shape index (κ2) is 6.26. The molecule has 6 nitrogen and oxygen atoms in total. The third-order valence-electron chi connectivity index (χ3n) is 4.07. The van der Waals surface area contributed by atoms with E-state index in [1.54, 1.807) is 0 Å². The average Bonchev–Trinajstić information content (AvgIpc) is 2.47. The Morgan fingerprint density at radius 2 is 2.24 bits per heavy atom. The van der Waals surface area contributed by atoms with Crippen molar-refractivity contribution >= 4 is 11.4 Å². The van der Waals surface area contributed by atoms with Crippen LogP contribution in [0.15, 0.2) is 12.1 Å². The van der Waals surface area contributed by atoms with Gasteiger partial charge in [0.25, 0.3) is 0 Å². The first kappa shape index (κ1) is 15.5. The van der Waals surface area contributed by atoms with Crippen LogP contribution in [-0.2, 0) is 0 Å². The van der Waals surface area contributed by atoms with Crippen LogP contribution >= 0.6 is 0 Å². The van der Waals surface area contributed by atoms with Crippen molar-refractivity contribution in [2.45, 2.75) is 25.8 Å². The summed E-state index contributed by atoms with van der Waals surface area (Å²) in [6.07, 6.45) is 1.93. The van der Waals surface area contributed by atoms with Gasteiger partial charge in [0.2, 0.25) is 0 Å². The number of nitrogens with zero attached hydrogens (tertiary/aromatic N) is 2. The molecule has 1 saturated heterocycles. The van der Waals surface area contributed by atoms with Gasteiger partial charge in [-0.25, -0.2) is 4.39 Å². The zero-order chi connectivity index (χ0) is 15.6. The van der Waals surface area contributed by atoms with Crippen molar-refractivity contribution in [3.8, 4) is 5.75 Å². The molecule has 2 rings (SSSR count). The molecule has 116 valence electrons. The molecular weight excluding hydrogens is 277 g/mol. The van der Waals surface area contributed by atoms with Crippen molar-refractivity contribution in [3.63, 3.8) is 0 Å². The third-order valence-corrected chi connectivity index (χ3v) is 4.07. The molecule has 0 saturated carbocycles. The van der Waals surface area contributed by atoms with Gasteiger partial charge in [0.1, 0.15) is 0 Å². The third kappa shape index (κ3) is 3.07. The second-order valence-corrected chi connectivity index (χ2v) is 5.41. The highest BCUT2D eigenvalue weighted by atomic mass is 19.1. The zero-order valence-electron chi connectivity index (χ0n) is 12.2. The monoisotopic (exact) mass is 297 g/mol. The highest BCUT2D eigenvalue weighted by Crippen LogP contribution is 2.37. The predicted molar refractivity (Wildman–Crippen MR) is 78.2 cm³/mol. The molecular formula is C14H20FN3O3. The van der Waals surface area contributed by atoms with Crippen LogP contribution in [0.1, 0.15) is 19.8 Å². The Hall–Kier alpha value is -1.89. The lowest BCUT2D eigenvalue weighted by atomic mass is 9.93. The van der Waals surface area contributed by atoms with E-state index in [1.807, 2.05) is 11.8 Å². The SMILES string of the molecule is COc1cc(N2CC(CN)CCC2C)c(F)cc1[N+](=O)[O-]. The fourth-order valence-corrected chi connectivity index (χ4v) is 2.77. The first-order chi connectivity index (χ1) is 9.97. The van der Waals surface area contributed by atoms with E-state index in [2.05, 4.69) is 0 Å².